The summed E-state index contributed by atoms with van der Waals surface area (Å²) in [5, 5.41) is 0. The molecule has 1 aliphatic carbocycles. The summed E-state index contributed by atoms with van der Waals surface area (Å²) in [7, 11) is 0. The fraction of sp³-hybridized carbons (Fsp3) is 0.455. The lowest BCUT2D eigenvalue weighted by Gasteiger charge is -2.33. The van der Waals surface area contributed by atoms with Crippen LogP contribution in [0.4, 0.5) is 0 Å². The van der Waals surface area contributed by atoms with Crippen molar-refractivity contribution in [2.75, 3.05) is 0 Å². The van der Waals surface area contributed by atoms with Crippen molar-refractivity contribution in [3.05, 3.63) is 35.9 Å². The van der Waals surface area contributed by atoms with Crippen molar-refractivity contribution in [2.24, 2.45) is 11.8 Å². The molecule has 0 aromatic heterocycles. The Kier molecular flexibility index (Phi) is 2.62. The van der Waals surface area contributed by atoms with Crippen molar-refractivity contribution in [2.45, 2.75) is 25.3 Å². The highest BCUT2D eigenvalue weighted by molar-refractivity contribution is 5.20. The zero-order chi connectivity index (χ0) is 9.10. The monoisotopic (exact) mass is 176 g/mol. The second kappa shape index (κ2) is 3.90. The first-order valence-electron chi connectivity index (χ1n) is 4.93. The molecule has 1 aromatic carbocycles. The van der Waals surface area contributed by atoms with Crippen LogP contribution < -0.4 is 11.3 Å². The molecular formula is C11H16N2. The maximum atomic E-state index is 5.57. The maximum Gasteiger partial charge on any atom is 0.0488 e. The van der Waals surface area contributed by atoms with E-state index in [-0.39, 0.29) is 0 Å². The molecule has 13 heavy (non-hydrogen) atoms. The fourth-order valence-electron chi connectivity index (χ4n) is 1.94. The Hall–Kier alpha value is -0.860. The Morgan fingerprint density at radius 2 is 1.92 bits per heavy atom. The molecule has 2 rings (SSSR count). The van der Waals surface area contributed by atoms with E-state index in [1.807, 2.05) is 6.07 Å². The lowest BCUT2D eigenvalue weighted by molar-refractivity contribution is 0.232. The lowest BCUT2D eigenvalue weighted by Crippen LogP contribution is -2.36. The van der Waals surface area contributed by atoms with Gasteiger partial charge in [0, 0.05) is 6.04 Å². The molecule has 1 aromatic rings. The highest BCUT2D eigenvalue weighted by Crippen LogP contribution is 2.36. The van der Waals surface area contributed by atoms with Gasteiger partial charge >= 0.3 is 0 Å². The second-order valence-electron chi connectivity index (χ2n) is 3.75. The molecule has 0 spiro atoms. The highest BCUT2D eigenvalue weighted by Gasteiger charge is 2.27. The summed E-state index contributed by atoms with van der Waals surface area (Å²) in [5.74, 6) is 6.31. The van der Waals surface area contributed by atoms with Gasteiger partial charge in [0.2, 0.25) is 0 Å². The minimum atomic E-state index is 0.356. The molecule has 0 radical (unpaired) electrons. The first-order valence-corrected chi connectivity index (χ1v) is 4.93. The Morgan fingerprint density at radius 1 is 1.23 bits per heavy atom. The fourth-order valence-corrected chi connectivity index (χ4v) is 1.94. The summed E-state index contributed by atoms with van der Waals surface area (Å²) >= 11 is 0. The molecule has 1 fully saturated rings. The van der Waals surface area contributed by atoms with Crippen molar-refractivity contribution in [3.8, 4) is 0 Å². The standard InChI is InChI=1S/C11H16N2/c12-13-11(10-7-4-8-10)9-5-2-1-3-6-9/h1-3,5-6,10-11,13H,4,7-8,12H2/t11-/m0/s1. The third-order valence-electron chi connectivity index (χ3n) is 2.96. The van der Waals surface area contributed by atoms with Crippen LogP contribution in [0.15, 0.2) is 30.3 Å². The zero-order valence-electron chi connectivity index (χ0n) is 7.74. The van der Waals surface area contributed by atoms with E-state index in [4.69, 9.17) is 5.84 Å². The second-order valence-corrected chi connectivity index (χ2v) is 3.75. The average molecular weight is 176 g/mol. The van der Waals surface area contributed by atoms with Crippen molar-refractivity contribution in [1.29, 1.82) is 0 Å². The molecule has 1 atom stereocenters. The summed E-state index contributed by atoms with van der Waals surface area (Å²) in [6.07, 6.45) is 3.98. The van der Waals surface area contributed by atoms with Gasteiger partial charge in [0.1, 0.15) is 0 Å². The van der Waals surface area contributed by atoms with Crippen molar-refractivity contribution in [3.63, 3.8) is 0 Å². The van der Waals surface area contributed by atoms with Crippen LogP contribution in [-0.4, -0.2) is 0 Å². The Labute approximate surface area is 79.1 Å². The van der Waals surface area contributed by atoms with Crippen LogP contribution in [-0.2, 0) is 0 Å². The lowest BCUT2D eigenvalue weighted by atomic mass is 9.77. The number of nitrogens with two attached hydrogens (primary N) is 1. The topological polar surface area (TPSA) is 38.0 Å². The smallest absolute Gasteiger partial charge is 0.0488 e. The molecule has 0 heterocycles. The summed E-state index contributed by atoms with van der Waals surface area (Å²) in [6.45, 7) is 0. The summed E-state index contributed by atoms with van der Waals surface area (Å²) in [5.41, 5.74) is 4.23. The quantitative estimate of drug-likeness (QED) is 0.546. The summed E-state index contributed by atoms with van der Waals surface area (Å²) in [6, 6.07) is 10.8. The van der Waals surface area contributed by atoms with Gasteiger partial charge in [-0.25, -0.2) is 0 Å². The predicted molar refractivity (Wildman–Crippen MR) is 53.8 cm³/mol. The van der Waals surface area contributed by atoms with Crippen LogP contribution in [0.3, 0.4) is 0 Å². The molecule has 0 amide bonds. The third kappa shape index (κ3) is 1.74. The molecular weight excluding hydrogens is 160 g/mol. The highest BCUT2D eigenvalue weighted by atomic mass is 15.2. The first-order chi connectivity index (χ1) is 6.42. The van der Waals surface area contributed by atoms with Crippen LogP contribution in [0.25, 0.3) is 0 Å². The molecule has 1 saturated carbocycles. The summed E-state index contributed by atoms with van der Waals surface area (Å²) in [4.78, 5) is 0. The Morgan fingerprint density at radius 3 is 2.38 bits per heavy atom. The van der Waals surface area contributed by atoms with Gasteiger partial charge in [-0.2, -0.15) is 0 Å². The van der Waals surface area contributed by atoms with E-state index in [0.717, 1.165) is 5.92 Å². The van der Waals surface area contributed by atoms with E-state index < -0.39 is 0 Å². The van der Waals surface area contributed by atoms with E-state index in [2.05, 4.69) is 29.7 Å². The average Bonchev–Trinajstić information content (AvgIpc) is 2.12. The normalized spacial score (nSPS) is 19.5. The molecule has 1 aliphatic rings. The minimum absolute atomic E-state index is 0.356. The maximum absolute atomic E-state index is 5.57. The number of benzene rings is 1. The minimum Gasteiger partial charge on any atom is -0.271 e. The Bertz CT molecular complexity index is 254. The van der Waals surface area contributed by atoms with E-state index >= 15 is 0 Å². The SMILES string of the molecule is NN[C@@H](c1ccccc1)C1CCC1. The Balaban J connectivity index is 2.12. The van der Waals surface area contributed by atoms with Gasteiger partial charge in [0.05, 0.1) is 0 Å². The predicted octanol–water partition coefficient (Wildman–Crippen LogP) is 1.99. The molecule has 3 N–H and O–H groups in total. The van der Waals surface area contributed by atoms with E-state index in [0.29, 0.717) is 6.04 Å². The van der Waals surface area contributed by atoms with Crippen molar-refractivity contribution in [1.82, 2.24) is 5.43 Å². The number of rotatable bonds is 3. The molecule has 0 bridgehead atoms. The zero-order valence-corrected chi connectivity index (χ0v) is 7.74. The number of hydrazine groups is 1. The number of hydrogen-bond donors (Lipinski definition) is 2. The van der Waals surface area contributed by atoms with Gasteiger partial charge < -0.3 is 0 Å². The molecule has 2 heteroatoms. The number of hydrogen-bond acceptors (Lipinski definition) is 2. The van der Waals surface area contributed by atoms with Crippen LogP contribution >= 0.6 is 0 Å². The van der Waals surface area contributed by atoms with Crippen molar-refractivity contribution >= 4 is 0 Å². The van der Waals surface area contributed by atoms with E-state index in [1.54, 1.807) is 0 Å². The largest absolute Gasteiger partial charge is 0.271 e. The molecule has 0 unspecified atom stereocenters. The van der Waals surface area contributed by atoms with Crippen LogP contribution in [0.5, 0.6) is 0 Å². The van der Waals surface area contributed by atoms with Crippen LogP contribution in [0, 0.1) is 5.92 Å². The number of nitrogens with one attached hydrogen (secondary N) is 1. The van der Waals surface area contributed by atoms with Gasteiger partial charge in [0.15, 0.2) is 0 Å². The van der Waals surface area contributed by atoms with Gasteiger partial charge in [-0.05, 0) is 24.3 Å². The van der Waals surface area contributed by atoms with Gasteiger partial charge in [-0.3, -0.25) is 11.3 Å². The third-order valence-corrected chi connectivity index (χ3v) is 2.96. The van der Waals surface area contributed by atoms with Crippen molar-refractivity contribution < 1.29 is 0 Å². The van der Waals surface area contributed by atoms with Crippen LogP contribution in [0.2, 0.25) is 0 Å². The molecule has 0 aliphatic heterocycles. The molecule has 2 nitrogen and oxygen atoms in total. The first kappa shape index (κ1) is 8.73. The molecule has 70 valence electrons. The summed E-state index contributed by atoms with van der Waals surface area (Å²) < 4.78 is 0. The van der Waals surface area contributed by atoms with E-state index in [9.17, 15) is 0 Å². The van der Waals surface area contributed by atoms with Gasteiger partial charge in [-0.15, -0.1) is 0 Å². The van der Waals surface area contributed by atoms with Crippen LogP contribution in [0.1, 0.15) is 30.9 Å². The molecule has 0 saturated heterocycles. The van der Waals surface area contributed by atoms with E-state index in [1.165, 1.54) is 24.8 Å². The van der Waals surface area contributed by atoms with Gasteiger partial charge in [0.25, 0.3) is 0 Å². The van der Waals surface area contributed by atoms with Gasteiger partial charge in [-0.1, -0.05) is 36.8 Å².